The van der Waals surface area contributed by atoms with Gasteiger partial charge in [0.15, 0.2) is 11.5 Å². The second-order valence-electron chi connectivity index (χ2n) is 9.63. The predicted molar refractivity (Wildman–Crippen MR) is 143 cm³/mol. The molecule has 0 saturated carbocycles. The molecule has 1 heterocycles. The maximum atomic E-state index is 13.7. The third kappa shape index (κ3) is 5.95. The van der Waals surface area contributed by atoms with Gasteiger partial charge in [0, 0.05) is 12.0 Å². The molecule has 0 aromatic heterocycles. The number of carbonyl (C=O) groups is 1. The summed E-state index contributed by atoms with van der Waals surface area (Å²) in [5, 5.41) is 0. The van der Waals surface area contributed by atoms with Crippen molar-refractivity contribution in [2.75, 3.05) is 13.9 Å². The monoisotopic (exact) mass is 539 g/mol. The maximum absolute atomic E-state index is 13.7. The summed E-state index contributed by atoms with van der Waals surface area (Å²) in [5.74, 6) is 0.943. The highest BCUT2D eigenvalue weighted by molar-refractivity contribution is 7.89. The highest BCUT2D eigenvalue weighted by Gasteiger charge is 2.32. The van der Waals surface area contributed by atoms with Gasteiger partial charge in [-0.2, -0.15) is 4.72 Å². The van der Waals surface area contributed by atoms with Crippen LogP contribution in [0.5, 0.6) is 17.2 Å². The van der Waals surface area contributed by atoms with E-state index in [2.05, 4.69) is 4.72 Å². The highest BCUT2D eigenvalue weighted by Crippen LogP contribution is 2.36. The number of nitrogens with one attached hydrogen (secondary N) is 1. The van der Waals surface area contributed by atoms with Crippen LogP contribution in [0.15, 0.2) is 59.5 Å². The molecule has 1 aliphatic heterocycles. The van der Waals surface area contributed by atoms with Gasteiger partial charge in [0.1, 0.15) is 18.4 Å². The lowest BCUT2D eigenvalue weighted by molar-refractivity contribution is -0.148. The Morgan fingerprint density at radius 2 is 1.71 bits per heavy atom. The molecular formula is C29H33NO7S. The molecule has 1 aliphatic rings. The first-order valence-corrected chi connectivity index (χ1v) is 13.9. The van der Waals surface area contributed by atoms with Crippen LogP contribution < -0.4 is 18.9 Å². The Bertz CT molecular complexity index is 1420. The van der Waals surface area contributed by atoms with Gasteiger partial charge in [-0.3, -0.25) is 4.79 Å². The van der Waals surface area contributed by atoms with Crippen LogP contribution in [0.3, 0.4) is 0 Å². The summed E-state index contributed by atoms with van der Waals surface area (Å²) in [6, 6.07) is 15.5. The summed E-state index contributed by atoms with van der Waals surface area (Å²) in [6.07, 6.45) is 0.418. The summed E-state index contributed by atoms with van der Waals surface area (Å²) < 4.78 is 52.0. The Kier molecular flexibility index (Phi) is 8.28. The van der Waals surface area contributed by atoms with Crippen LogP contribution in [-0.2, 0) is 32.6 Å². The minimum absolute atomic E-state index is 0.0604. The van der Waals surface area contributed by atoms with E-state index in [0.717, 1.165) is 16.7 Å². The second-order valence-corrected chi connectivity index (χ2v) is 11.3. The summed E-state index contributed by atoms with van der Waals surface area (Å²) in [4.78, 5) is 13.1. The molecule has 4 rings (SSSR count). The van der Waals surface area contributed by atoms with Crippen molar-refractivity contribution < 1.29 is 32.2 Å². The molecule has 1 N–H and O–H groups in total. The maximum Gasteiger partial charge on any atom is 0.324 e. The van der Waals surface area contributed by atoms with Crippen molar-refractivity contribution in [3.05, 3.63) is 82.4 Å². The first-order valence-electron chi connectivity index (χ1n) is 12.4. The average Bonchev–Trinajstić information content (AvgIpc) is 3.35. The molecule has 0 spiro atoms. The Balaban J connectivity index is 1.62. The van der Waals surface area contributed by atoms with Crippen molar-refractivity contribution >= 4 is 16.0 Å². The number of ether oxygens (including phenoxy) is 4. The predicted octanol–water partition coefficient (Wildman–Crippen LogP) is 4.68. The normalized spacial score (nSPS) is 13.4. The summed E-state index contributed by atoms with van der Waals surface area (Å²) in [6.45, 7) is 7.25. The van der Waals surface area contributed by atoms with Gasteiger partial charge in [-0.25, -0.2) is 8.42 Å². The van der Waals surface area contributed by atoms with Gasteiger partial charge in [0.25, 0.3) is 0 Å². The van der Waals surface area contributed by atoms with Crippen molar-refractivity contribution in [3.8, 4) is 17.2 Å². The highest BCUT2D eigenvalue weighted by atomic mass is 32.2. The number of carbonyl (C=O) groups excluding carboxylic acids is 1. The van der Waals surface area contributed by atoms with Crippen molar-refractivity contribution in [3.63, 3.8) is 0 Å². The van der Waals surface area contributed by atoms with Gasteiger partial charge in [0.2, 0.25) is 16.8 Å². The number of esters is 1. The van der Waals surface area contributed by atoms with Crippen LogP contribution >= 0.6 is 0 Å². The first kappa shape index (κ1) is 27.5. The molecule has 8 nitrogen and oxygen atoms in total. The number of methoxy groups -OCH3 is 1. The van der Waals surface area contributed by atoms with Crippen LogP contribution in [0.2, 0.25) is 0 Å². The fourth-order valence-electron chi connectivity index (χ4n) is 4.54. The van der Waals surface area contributed by atoms with Gasteiger partial charge in [-0.15, -0.1) is 0 Å². The van der Waals surface area contributed by atoms with E-state index in [1.54, 1.807) is 40.9 Å². The van der Waals surface area contributed by atoms with Gasteiger partial charge in [-0.05, 0) is 60.2 Å². The Hall–Kier alpha value is -3.56. The number of hydrogen-bond donors (Lipinski definition) is 1. The molecule has 0 fully saturated rings. The van der Waals surface area contributed by atoms with Crippen LogP contribution in [0.1, 0.15) is 41.7 Å². The van der Waals surface area contributed by atoms with Crippen molar-refractivity contribution in [1.29, 1.82) is 0 Å². The molecule has 202 valence electrons. The SMILES string of the molecule is COc1cc(C)c(S(=O)(=O)N[C@@H](C(=O)OCc2ccccc2)C(C)C)c(C)c1Cc1ccc2c(c1)OCO2. The molecule has 0 unspecified atom stereocenters. The molecule has 0 amide bonds. The number of fused-ring (bicyclic) bond motifs is 1. The smallest absolute Gasteiger partial charge is 0.324 e. The lowest BCUT2D eigenvalue weighted by Gasteiger charge is -2.23. The fourth-order valence-corrected chi connectivity index (χ4v) is 6.37. The van der Waals surface area contributed by atoms with Crippen molar-refractivity contribution in [1.82, 2.24) is 4.72 Å². The number of benzene rings is 3. The Morgan fingerprint density at radius 1 is 1.00 bits per heavy atom. The van der Waals surface area contributed by atoms with E-state index in [4.69, 9.17) is 18.9 Å². The molecule has 38 heavy (non-hydrogen) atoms. The Labute approximate surface area is 223 Å². The molecule has 3 aromatic rings. The molecule has 9 heteroatoms. The molecule has 0 radical (unpaired) electrons. The quantitative estimate of drug-likeness (QED) is 0.374. The van der Waals surface area contributed by atoms with Crippen LogP contribution in [0, 0.1) is 19.8 Å². The van der Waals surface area contributed by atoms with Crippen LogP contribution in [-0.4, -0.2) is 34.3 Å². The summed E-state index contributed by atoms with van der Waals surface area (Å²) >= 11 is 0. The number of sulfonamides is 1. The number of hydrogen-bond acceptors (Lipinski definition) is 7. The van der Waals surface area contributed by atoms with Crippen LogP contribution in [0.25, 0.3) is 0 Å². The zero-order chi connectivity index (χ0) is 27.4. The lowest BCUT2D eigenvalue weighted by Crippen LogP contribution is -2.45. The number of aryl methyl sites for hydroxylation is 1. The van der Waals surface area contributed by atoms with E-state index in [-0.39, 0.29) is 24.2 Å². The van der Waals surface area contributed by atoms with E-state index in [1.807, 2.05) is 48.5 Å². The van der Waals surface area contributed by atoms with Gasteiger partial charge in [-0.1, -0.05) is 50.2 Å². The minimum atomic E-state index is -4.09. The van der Waals surface area contributed by atoms with E-state index in [0.29, 0.717) is 34.8 Å². The third-order valence-electron chi connectivity index (χ3n) is 6.53. The standard InChI is InChI=1S/C29H33NO7S/c1-18(2)27(29(31)35-16-21-9-7-6-8-10-21)30-38(32,33)28-19(3)13-25(34-5)23(20(28)4)14-22-11-12-24-26(15-22)37-17-36-24/h6-13,15,18,27,30H,14,16-17H2,1-5H3/t27-/m1/s1. The van der Waals surface area contributed by atoms with Crippen molar-refractivity contribution in [2.24, 2.45) is 5.92 Å². The van der Waals surface area contributed by atoms with Gasteiger partial charge < -0.3 is 18.9 Å². The Morgan fingerprint density at radius 3 is 2.39 bits per heavy atom. The molecule has 3 aromatic carbocycles. The molecule has 0 saturated heterocycles. The first-order chi connectivity index (χ1) is 18.1. The molecule has 0 aliphatic carbocycles. The summed E-state index contributed by atoms with van der Waals surface area (Å²) in [7, 11) is -2.54. The largest absolute Gasteiger partial charge is 0.496 e. The van der Waals surface area contributed by atoms with Gasteiger partial charge in [0.05, 0.1) is 12.0 Å². The van der Waals surface area contributed by atoms with E-state index < -0.39 is 22.0 Å². The molecular weight excluding hydrogens is 506 g/mol. The van der Waals surface area contributed by atoms with Crippen LogP contribution in [0.4, 0.5) is 0 Å². The second kappa shape index (κ2) is 11.4. The van der Waals surface area contributed by atoms with E-state index in [1.165, 1.54) is 0 Å². The number of rotatable bonds is 10. The zero-order valence-corrected chi connectivity index (χ0v) is 23.1. The minimum Gasteiger partial charge on any atom is -0.496 e. The lowest BCUT2D eigenvalue weighted by atomic mass is 9.97. The van der Waals surface area contributed by atoms with E-state index >= 15 is 0 Å². The van der Waals surface area contributed by atoms with Crippen molar-refractivity contribution in [2.45, 2.75) is 51.7 Å². The fraction of sp³-hybridized carbons (Fsp3) is 0.345. The third-order valence-corrected chi connectivity index (χ3v) is 8.26. The topological polar surface area (TPSA) is 100 Å². The summed E-state index contributed by atoms with van der Waals surface area (Å²) in [5.41, 5.74) is 3.53. The molecule has 0 bridgehead atoms. The zero-order valence-electron chi connectivity index (χ0n) is 22.2. The van der Waals surface area contributed by atoms with E-state index in [9.17, 15) is 13.2 Å². The average molecular weight is 540 g/mol. The van der Waals surface area contributed by atoms with Gasteiger partial charge >= 0.3 is 5.97 Å². The molecule has 1 atom stereocenters.